The van der Waals surface area contributed by atoms with E-state index in [-0.39, 0.29) is 12.3 Å². The first-order valence-corrected chi connectivity index (χ1v) is 10.6. The highest BCUT2D eigenvalue weighted by Gasteiger charge is 2.11. The predicted octanol–water partition coefficient (Wildman–Crippen LogP) is 5.60. The third kappa shape index (κ3) is 5.25. The van der Waals surface area contributed by atoms with E-state index in [1.807, 2.05) is 41.1 Å². The minimum absolute atomic E-state index is 0.130. The summed E-state index contributed by atoms with van der Waals surface area (Å²) in [6, 6.07) is 16.7. The van der Waals surface area contributed by atoms with Gasteiger partial charge in [-0.3, -0.25) is 4.79 Å². The number of ether oxygens (including phenoxy) is 1. The lowest BCUT2D eigenvalue weighted by Gasteiger charge is -2.09. The molecule has 152 valence electrons. The van der Waals surface area contributed by atoms with Crippen molar-refractivity contribution in [3.8, 4) is 17.2 Å². The second-order valence-corrected chi connectivity index (χ2v) is 7.65. The Kier molecular flexibility index (Phi) is 6.41. The van der Waals surface area contributed by atoms with Crippen LogP contribution in [0.5, 0.6) is 5.75 Å². The van der Waals surface area contributed by atoms with Crippen molar-refractivity contribution in [1.82, 2.24) is 10.2 Å². The Morgan fingerprint density at radius 1 is 1.10 bits per heavy atom. The molecule has 0 saturated carbocycles. The topological polar surface area (TPSA) is 77.2 Å². The van der Waals surface area contributed by atoms with E-state index in [4.69, 9.17) is 20.8 Å². The number of hydrogen-bond acceptors (Lipinski definition) is 6. The maximum atomic E-state index is 12.2. The largest absolute Gasteiger partial charge is 0.489 e. The molecule has 0 saturated heterocycles. The number of rotatable bonds is 8. The molecule has 1 N–H and O–H groups in total. The molecule has 0 unspecified atom stereocenters. The van der Waals surface area contributed by atoms with Crippen LogP contribution in [0.15, 0.2) is 69.8 Å². The number of amides is 1. The molecule has 0 aliphatic carbocycles. The zero-order valence-corrected chi connectivity index (χ0v) is 17.4. The van der Waals surface area contributed by atoms with Crippen molar-refractivity contribution in [2.75, 3.05) is 5.32 Å². The third-order valence-corrected chi connectivity index (χ3v) is 5.34. The Labute approximate surface area is 182 Å². The molecule has 4 rings (SSSR count). The molecule has 1 amide bonds. The van der Waals surface area contributed by atoms with Crippen molar-refractivity contribution >= 4 is 34.5 Å². The molecule has 2 heterocycles. The van der Waals surface area contributed by atoms with E-state index in [0.29, 0.717) is 41.3 Å². The molecule has 0 fully saturated rings. The maximum Gasteiger partial charge on any atom is 0.248 e. The van der Waals surface area contributed by atoms with Crippen LogP contribution in [0.1, 0.15) is 17.9 Å². The fourth-order valence-electron chi connectivity index (χ4n) is 2.71. The average Bonchev–Trinajstić information content (AvgIpc) is 3.45. The van der Waals surface area contributed by atoms with Gasteiger partial charge in [-0.25, -0.2) is 0 Å². The summed E-state index contributed by atoms with van der Waals surface area (Å²) in [6.07, 6.45) is 0.623. The lowest BCUT2D eigenvalue weighted by molar-refractivity contribution is -0.116. The molecule has 0 spiro atoms. The number of nitrogens with zero attached hydrogens (tertiary/aromatic N) is 2. The first kappa shape index (κ1) is 20.1. The number of thiophene rings is 1. The highest BCUT2D eigenvalue weighted by molar-refractivity contribution is 7.08. The Hall–Kier alpha value is -3.16. The van der Waals surface area contributed by atoms with Crippen molar-refractivity contribution in [2.45, 2.75) is 19.4 Å². The van der Waals surface area contributed by atoms with Crippen molar-refractivity contribution in [3.63, 3.8) is 0 Å². The van der Waals surface area contributed by atoms with Gasteiger partial charge in [0.2, 0.25) is 17.7 Å². The van der Waals surface area contributed by atoms with Gasteiger partial charge in [-0.15, -0.1) is 10.2 Å². The predicted molar refractivity (Wildman–Crippen MR) is 117 cm³/mol. The van der Waals surface area contributed by atoms with Gasteiger partial charge < -0.3 is 14.5 Å². The first-order chi connectivity index (χ1) is 14.7. The zero-order valence-electron chi connectivity index (χ0n) is 15.9. The molecule has 0 atom stereocenters. The van der Waals surface area contributed by atoms with Crippen LogP contribution in [0.4, 0.5) is 5.69 Å². The van der Waals surface area contributed by atoms with Crippen LogP contribution in [-0.4, -0.2) is 16.1 Å². The molecule has 2 aromatic heterocycles. The molecule has 6 nitrogen and oxygen atoms in total. The smallest absolute Gasteiger partial charge is 0.248 e. The van der Waals surface area contributed by atoms with Gasteiger partial charge in [0, 0.05) is 40.1 Å². The lowest BCUT2D eigenvalue weighted by Crippen LogP contribution is -2.12. The van der Waals surface area contributed by atoms with Crippen molar-refractivity contribution in [2.24, 2.45) is 0 Å². The third-order valence-electron chi connectivity index (χ3n) is 4.29. The van der Waals surface area contributed by atoms with Crippen LogP contribution in [0.25, 0.3) is 11.5 Å². The normalized spacial score (nSPS) is 10.7. The minimum atomic E-state index is -0.130. The molecule has 2 aromatic carbocycles. The monoisotopic (exact) mass is 439 g/mol. The van der Waals surface area contributed by atoms with Crippen LogP contribution < -0.4 is 10.1 Å². The van der Waals surface area contributed by atoms with E-state index in [9.17, 15) is 4.79 Å². The second kappa shape index (κ2) is 9.56. The summed E-state index contributed by atoms with van der Waals surface area (Å²) >= 11 is 7.69. The van der Waals surface area contributed by atoms with Gasteiger partial charge in [-0.05, 0) is 41.8 Å². The summed E-state index contributed by atoms with van der Waals surface area (Å²) in [7, 11) is 0. The molecule has 4 aromatic rings. The van der Waals surface area contributed by atoms with Crippen LogP contribution in [-0.2, 0) is 17.8 Å². The molecule has 8 heteroatoms. The Morgan fingerprint density at radius 2 is 1.93 bits per heavy atom. The number of anilines is 1. The van der Waals surface area contributed by atoms with Crippen molar-refractivity contribution in [1.29, 1.82) is 0 Å². The summed E-state index contributed by atoms with van der Waals surface area (Å²) in [5, 5.41) is 15.4. The molecule has 0 bridgehead atoms. The van der Waals surface area contributed by atoms with Gasteiger partial charge in [-0.2, -0.15) is 11.3 Å². The van der Waals surface area contributed by atoms with Gasteiger partial charge in [0.15, 0.2) is 0 Å². The van der Waals surface area contributed by atoms with Crippen molar-refractivity contribution < 1.29 is 13.9 Å². The van der Waals surface area contributed by atoms with Crippen LogP contribution >= 0.6 is 22.9 Å². The van der Waals surface area contributed by atoms with Gasteiger partial charge in [0.05, 0.1) is 0 Å². The lowest BCUT2D eigenvalue weighted by atomic mass is 10.2. The summed E-state index contributed by atoms with van der Waals surface area (Å²) in [4.78, 5) is 12.2. The summed E-state index contributed by atoms with van der Waals surface area (Å²) in [6.45, 7) is 0.378. The van der Waals surface area contributed by atoms with Crippen LogP contribution in [0.3, 0.4) is 0 Å². The summed E-state index contributed by atoms with van der Waals surface area (Å²) in [5.41, 5.74) is 2.49. The van der Waals surface area contributed by atoms with E-state index in [0.717, 1.165) is 11.1 Å². The van der Waals surface area contributed by atoms with E-state index < -0.39 is 0 Å². The highest BCUT2D eigenvalue weighted by atomic mass is 35.5. The minimum Gasteiger partial charge on any atom is -0.489 e. The van der Waals surface area contributed by atoms with Crippen molar-refractivity contribution in [3.05, 3.63) is 81.8 Å². The molecule has 30 heavy (non-hydrogen) atoms. The average molecular weight is 440 g/mol. The summed E-state index contributed by atoms with van der Waals surface area (Å²) in [5.74, 6) is 1.48. The Bertz CT molecular complexity index is 1110. The van der Waals surface area contributed by atoms with E-state index >= 15 is 0 Å². The molecule has 0 aliphatic heterocycles. The van der Waals surface area contributed by atoms with E-state index in [2.05, 4.69) is 15.5 Å². The fraction of sp³-hybridized carbons (Fsp3) is 0.136. The van der Waals surface area contributed by atoms with Crippen LogP contribution in [0, 0.1) is 0 Å². The molecule has 0 radical (unpaired) electrons. The molecular formula is C22H18ClN3O3S. The Morgan fingerprint density at radius 3 is 2.70 bits per heavy atom. The number of aryl methyl sites for hydroxylation is 1. The number of benzene rings is 2. The maximum absolute atomic E-state index is 12.2. The van der Waals surface area contributed by atoms with E-state index in [1.54, 1.807) is 35.6 Å². The first-order valence-electron chi connectivity index (χ1n) is 9.28. The number of hydrogen-bond donors (Lipinski definition) is 1. The standard InChI is InChI=1S/C22H18ClN3O3S/c23-19-4-2-1-3-15(19)13-28-18-7-5-17(6-8-18)24-20(27)9-10-21-25-26-22(29-21)16-11-12-30-14-16/h1-8,11-12,14H,9-10,13H2,(H,24,27). The fourth-order valence-corrected chi connectivity index (χ4v) is 3.53. The number of carbonyl (C=O) groups excluding carboxylic acids is 1. The Balaban J connectivity index is 1.25. The number of carbonyl (C=O) groups is 1. The molecular weight excluding hydrogens is 422 g/mol. The second-order valence-electron chi connectivity index (χ2n) is 6.47. The number of aromatic nitrogens is 2. The van der Waals surface area contributed by atoms with Gasteiger partial charge in [0.1, 0.15) is 12.4 Å². The quantitative estimate of drug-likeness (QED) is 0.386. The SMILES string of the molecule is O=C(CCc1nnc(-c2ccsc2)o1)Nc1ccc(OCc2ccccc2Cl)cc1. The van der Waals surface area contributed by atoms with Gasteiger partial charge >= 0.3 is 0 Å². The highest BCUT2D eigenvalue weighted by Crippen LogP contribution is 2.22. The van der Waals surface area contributed by atoms with Gasteiger partial charge in [-0.1, -0.05) is 29.8 Å². The van der Waals surface area contributed by atoms with Crippen LogP contribution in [0.2, 0.25) is 5.02 Å². The van der Waals surface area contributed by atoms with Gasteiger partial charge in [0.25, 0.3) is 0 Å². The zero-order chi connectivity index (χ0) is 20.8. The summed E-state index contributed by atoms with van der Waals surface area (Å²) < 4.78 is 11.3. The number of nitrogens with one attached hydrogen (secondary N) is 1. The number of halogens is 1. The molecule has 0 aliphatic rings. The van der Waals surface area contributed by atoms with E-state index in [1.165, 1.54) is 0 Å².